The van der Waals surface area contributed by atoms with Crippen LogP contribution in [0, 0.1) is 0 Å². The van der Waals surface area contributed by atoms with Gasteiger partial charge in [-0.25, -0.2) is 9.97 Å². The molecule has 0 bridgehead atoms. The molecule has 2 N–H and O–H groups in total. The van der Waals surface area contributed by atoms with Gasteiger partial charge in [-0.05, 0) is 30.3 Å². The van der Waals surface area contributed by atoms with Gasteiger partial charge in [0.15, 0.2) is 5.65 Å². The molecule has 3 rings (SSSR count). The van der Waals surface area contributed by atoms with E-state index in [0.717, 1.165) is 22.4 Å². The molecule has 0 unspecified atom stereocenters. The molecule has 4 nitrogen and oxygen atoms in total. The fraction of sp³-hybridized carbons (Fsp3) is 0.0667. The summed E-state index contributed by atoms with van der Waals surface area (Å²) < 4.78 is 5.22. The molecule has 0 aliphatic carbocycles. The van der Waals surface area contributed by atoms with Crippen LogP contribution in [0.3, 0.4) is 0 Å². The molecule has 0 amide bonds. The predicted octanol–water partition coefficient (Wildman–Crippen LogP) is 2.89. The maximum absolute atomic E-state index is 6.05. The fourth-order valence-electron chi connectivity index (χ4n) is 2.01. The summed E-state index contributed by atoms with van der Waals surface area (Å²) in [7, 11) is 1.64. The van der Waals surface area contributed by atoms with Gasteiger partial charge in [0.2, 0.25) is 0 Å². The van der Waals surface area contributed by atoms with E-state index >= 15 is 0 Å². The van der Waals surface area contributed by atoms with E-state index in [1.54, 1.807) is 13.3 Å². The monoisotopic (exact) mass is 251 g/mol. The highest BCUT2D eigenvalue weighted by atomic mass is 16.5. The second-order valence-corrected chi connectivity index (χ2v) is 4.20. The first-order valence-corrected chi connectivity index (χ1v) is 5.93. The van der Waals surface area contributed by atoms with E-state index in [1.165, 1.54) is 0 Å². The number of pyridine rings is 2. The number of anilines is 1. The highest BCUT2D eigenvalue weighted by Gasteiger charge is 2.06. The quantitative estimate of drug-likeness (QED) is 0.760. The summed E-state index contributed by atoms with van der Waals surface area (Å²) >= 11 is 0. The molecule has 94 valence electrons. The summed E-state index contributed by atoms with van der Waals surface area (Å²) in [6, 6.07) is 13.3. The van der Waals surface area contributed by atoms with Crippen LogP contribution in [0.5, 0.6) is 5.75 Å². The van der Waals surface area contributed by atoms with Crippen LogP contribution in [0.25, 0.3) is 22.3 Å². The van der Waals surface area contributed by atoms with Gasteiger partial charge in [0, 0.05) is 22.8 Å². The van der Waals surface area contributed by atoms with E-state index in [4.69, 9.17) is 10.5 Å². The summed E-state index contributed by atoms with van der Waals surface area (Å²) in [5, 5.41) is 0.870. The number of nitrogens with two attached hydrogens (primary N) is 1. The van der Waals surface area contributed by atoms with Crippen LogP contribution in [-0.2, 0) is 0 Å². The lowest BCUT2D eigenvalue weighted by molar-refractivity contribution is 0.415. The molecule has 0 aliphatic rings. The minimum Gasteiger partial charge on any atom is -0.497 e. The maximum Gasteiger partial charge on any atom is 0.161 e. The number of benzene rings is 1. The first kappa shape index (κ1) is 11.5. The number of hydrogen-bond donors (Lipinski definition) is 1. The Kier molecular flexibility index (Phi) is 2.76. The molecule has 1 aromatic carbocycles. The number of ether oxygens (including phenoxy) is 1. The Bertz CT molecular complexity index is 740. The van der Waals surface area contributed by atoms with Gasteiger partial charge in [0.05, 0.1) is 12.8 Å². The minimum atomic E-state index is 0.653. The van der Waals surface area contributed by atoms with Crippen molar-refractivity contribution in [1.82, 2.24) is 9.97 Å². The average molecular weight is 251 g/mol. The topological polar surface area (TPSA) is 61.0 Å². The SMILES string of the molecule is COc1cccc(-c2cc(N)c3cccnc3n2)c1. The van der Waals surface area contributed by atoms with Crippen molar-refractivity contribution >= 4 is 16.7 Å². The fourth-order valence-corrected chi connectivity index (χ4v) is 2.01. The van der Waals surface area contributed by atoms with Crippen molar-refractivity contribution in [3.05, 3.63) is 48.7 Å². The molecule has 0 fully saturated rings. The van der Waals surface area contributed by atoms with Crippen LogP contribution < -0.4 is 10.5 Å². The van der Waals surface area contributed by atoms with Crippen molar-refractivity contribution in [3.8, 4) is 17.0 Å². The number of rotatable bonds is 2. The molecule has 0 atom stereocenters. The van der Waals surface area contributed by atoms with Crippen LogP contribution in [0.4, 0.5) is 5.69 Å². The lowest BCUT2D eigenvalue weighted by Gasteiger charge is -2.07. The first-order chi connectivity index (χ1) is 9.28. The molecule has 0 saturated carbocycles. The van der Waals surface area contributed by atoms with Gasteiger partial charge < -0.3 is 10.5 Å². The van der Waals surface area contributed by atoms with Crippen LogP contribution in [0.1, 0.15) is 0 Å². The molecule has 0 aliphatic heterocycles. The summed E-state index contributed by atoms with van der Waals surface area (Å²) in [5.41, 5.74) is 9.13. The van der Waals surface area contributed by atoms with Crippen molar-refractivity contribution in [3.63, 3.8) is 0 Å². The van der Waals surface area contributed by atoms with E-state index < -0.39 is 0 Å². The van der Waals surface area contributed by atoms with Gasteiger partial charge in [-0.15, -0.1) is 0 Å². The third-order valence-corrected chi connectivity index (χ3v) is 2.98. The summed E-state index contributed by atoms with van der Waals surface area (Å²) in [6.45, 7) is 0. The highest BCUT2D eigenvalue weighted by molar-refractivity contribution is 5.90. The number of fused-ring (bicyclic) bond motifs is 1. The summed E-state index contributed by atoms with van der Waals surface area (Å²) in [4.78, 5) is 8.78. The van der Waals surface area contributed by atoms with E-state index in [0.29, 0.717) is 11.3 Å². The van der Waals surface area contributed by atoms with Crippen LogP contribution >= 0.6 is 0 Å². The van der Waals surface area contributed by atoms with Crippen LogP contribution in [0.15, 0.2) is 48.7 Å². The number of hydrogen-bond acceptors (Lipinski definition) is 4. The molecule has 0 spiro atoms. The lowest BCUT2D eigenvalue weighted by Crippen LogP contribution is -1.94. The van der Waals surface area contributed by atoms with E-state index in [-0.39, 0.29) is 0 Å². The van der Waals surface area contributed by atoms with Crippen LogP contribution in [-0.4, -0.2) is 17.1 Å². The second-order valence-electron chi connectivity index (χ2n) is 4.20. The van der Waals surface area contributed by atoms with Gasteiger partial charge in [-0.3, -0.25) is 0 Å². The van der Waals surface area contributed by atoms with E-state index in [2.05, 4.69) is 9.97 Å². The standard InChI is InChI=1S/C15H13N3O/c1-19-11-5-2-4-10(8-11)14-9-13(16)12-6-3-7-17-15(12)18-14/h2-9H,1H3,(H2,16,17,18). The van der Waals surface area contributed by atoms with Gasteiger partial charge in [-0.2, -0.15) is 0 Å². The Hall–Kier alpha value is -2.62. The third kappa shape index (κ3) is 2.08. The van der Waals surface area contributed by atoms with Crippen molar-refractivity contribution in [2.24, 2.45) is 0 Å². The average Bonchev–Trinajstić information content (AvgIpc) is 2.47. The Balaban J connectivity index is 2.19. The maximum atomic E-state index is 6.05. The van der Waals surface area contributed by atoms with Gasteiger partial charge in [0.1, 0.15) is 5.75 Å². The first-order valence-electron chi connectivity index (χ1n) is 5.93. The van der Waals surface area contributed by atoms with Crippen molar-refractivity contribution < 1.29 is 4.74 Å². The Labute approximate surface area is 110 Å². The van der Waals surface area contributed by atoms with Crippen molar-refractivity contribution in [1.29, 1.82) is 0 Å². The largest absolute Gasteiger partial charge is 0.497 e. The molecule has 0 radical (unpaired) electrons. The molecule has 2 heterocycles. The predicted molar refractivity (Wildman–Crippen MR) is 75.9 cm³/mol. The molecule has 19 heavy (non-hydrogen) atoms. The van der Waals surface area contributed by atoms with E-state index in [1.807, 2.05) is 42.5 Å². The van der Waals surface area contributed by atoms with Crippen molar-refractivity contribution in [2.75, 3.05) is 12.8 Å². The Morgan fingerprint density at radius 2 is 2.00 bits per heavy atom. The second kappa shape index (κ2) is 4.57. The van der Waals surface area contributed by atoms with Crippen LogP contribution in [0.2, 0.25) is 0 Å². The number of aromatic nitrogens is 2. The molecule has 2 aromatic heterocycles. The lowest BCUT2D eigenvalue weighted by atomic mass is 10.1. The number of methoxy groups -OCH3 is 1. The highest BCUT2D eigenvalue weighted by Crippen LogP contribution is 2.27. The van der Waals surface area contributed by atoms with E-state index in [9.17, 15) is 0 Å². The Morgan fingerprint density at radius 1 is 1.11 bits per heavy atom. The zero-order valence-electron chi connectivity index (χ0n) is 10.5. The molecular weight excluding hydrogens is 238 g/mol. The summed E-state index contributed by atoms with van der Waals surface area (Å²) in [5.74, 6) is 0.791. The molecule has 4 heteroatoms. The molecule has 0 saturated heterocycles. The smallest absolute Gasteiger partial charge is 0.161 e. The zero-order chi connectivity index (χ0) is 13.2. The minimum absolute atomic E-state index is 0.653. The van der Waals surface area contributed by atoms with Gasteiger partial charge in [-0.1, -0.05) is 12.1 Å². The molecule has 3 aromatic rings. The number of nitrogen functional groups attached to an aromatic ring is 1. The summed E-state index contributed by atoms with van der Waals surface area (Å²) in [6.07, 6.45) is 1.71. The Morgan fingerprint density at radius 3 is 2.84 bits per heavy atom. The normalized spacial score (nSPS) is 10.6. The number of nitrogens with zero attached hydrogens (tertiary/aromatic N) is 2. The van der Waals surface area contributed by atoms with Gasteiger partial charge >= 0.3 is 0 Å². The van der Waals surface area contributed by atoms with Crippen molar-refractivity contribution in [2.45, 2.75) is 0 Å². The zero-order valence-corrected chi connectivity index (χ0v) is 10.5. The third-order valence-electron chi connectivity index (χ3n) is 2.98. The molecular formula is C15H13N3O. The van der Waals surface area contributed by atoms with Gasteiger partial charge in [0.25, 0.3) is 0 Å².